The maximum atomic E-state index is 13.8. The fourth-order valence-corrected chi connectivity index (χ4v) is 2.83. The molecular formula is C22H21F2N2O+. The third-order valence-electron chi connectivity index (χ3n) is 4.41. The van der Waals surface area contributed by atoms with Gasteiger partial charge in [-0.15, -0.1) is 0 Å². The molecule has 0 spiro atoms. The number of nitrogens with two attached hydrogens (primary N) is 1. The number of quaternary nitrogens is 1. The first-order chi connectivity index (χ1) is 13.0. The second kappa shape index (κ2) is 8.56. The van der Waals surface area contributed by atoms with Crippen molar-refractivity contribution >= 4 is 11.6 Å². The molecule has 138 valence electrons. The Kier molecular flexibility index (Phi) is 5.94. The third kappa shape index (κ3) is 4.99. The molecule has 3 N–H and O–H groups in total. The lowest BCUT2D eigenvalue weighted by Gasteiger charge is -2.12. The van der Waals surface area contributed by atoms with Gasteiger partial charge in [-0.3, -0.25) is 4.79 Å². The van der Waals surface area contributed by atoms with Crippen molar-refractivity contribution in [2.45, 2.75) is 19.5 Å². The molecule has 0 bridgehead atoms. The van der Waals surface area contributed by atoms with Crippen molar-refractivity contribution in [3.63, 3.8) is 0 Å². The molecule has 0 aliphatic heterocycles. The number of anilines is 1. The van der Waals surface area contributed by atoms with Crippen molar-refractivity contribution in [2.75, 3.05) is 5.32 Å². The Labute approximate surface area is 157 Å². The highest BCUT2D eigenvalue weighted by Crippen LogP contribution is 2.15. The average molecular weight is 367 g/mol. The zero-order valence-electron chi connectivity index (χ0n) is 15.0. The molecule has 5 heteroatoms. The number of amides is 1. The molecule has 0 aromatic heterocycles. The Bertz CT molecular complexity index is 911. The topological polar surface area (TPSA) is 45.7 Å². The van der Waals surface area contributed by atoms with E-state index in [-0.39, 0.29) is 11.9 Å². The summed E-state index contributed by atoms with van der Waals surface area (Å²) in [6, 6.07) is 20.1. The van der Waals surface area contributed by atoms with E-state index >= 15 is 0 Å². The highest BCUT2D eigenvalue weighted by molar-refractivity contribution is 6.04. The van der Waals surface area contributed by atoms with Crippen LogP contribution in [-0.2, 0) is 6.54 Å². The number of hydrogen-bond acceptors (Lipinski definition) is 1. The van der Waals surface area contributed by atoms with E-state index in [1.165, 1.54) is 12.1 Å². The Balaban J connectivity index is 1.58. The SMILES string of the molecule is C[C@H]([NH2+]Cc1ccc(C(=O)Nc2ccccc2)cc1)c1ccc(F)cc1F. The zero-order chi connectivity index (χ0) is 19.2. The van der Waals surface area contributed by atoms with E-state index in [1.54, 1.807) is 12.1 Å². The van der Waals surface area contributed by atoms with E-state index in [0.717, 1.165) is 17.3 Å². The van der Waals surface area contributed by atoms with Gasteiger partial charge >= 0.3 is 0 Å². The molecule has 27 heavy (non-hydrogen) atoms. The van der Waals surface area contributed by atoms with Crippen LogP contribution in [0.1, 0.15) is 34.5 Å². The highest BCUT2D eigenvalue weighted by atomic mass is 19.1. The van der Waals surface area contributed by atoms with Crippen LogP contribution in [0.3, 0.4) is 0 Å². The second-order valence-corrected chi connectivity index (χ2v) is 6.41. The number of benzene rings is 3. The van der Waals surface area contributed by atoms with E-state index in [2.05, 4.69) is 5.32 Å². The molecule has 0 aliphatic carbocycles. The first-order valence-corrected chi connectivity index (χ1v) is 8.76. The summed E-state index contributed by atoms with van der Waals surface area (Å²) < 4.78 is 26.9. The van der Waals surface area contributed by atoms with Gasteiger partial charge in [0, 0.05) is 28.4 Å². The fourth-order valence-electron chi connectivity index (χ4n) is 2.83. The number of para-hydroxylation sites is 1. The molecular weight excluding hydrogens is 346 g/mol. The van der Waals surface area contributed by atoms with Crippen LogP contribution in [0.5, 0.6) is 0 Å². The van der Waals surface area contributed by atoms with Crippen LogP contribution in [0.2, 0.25) is 0 Å². The van der Waals surface area contributed by atoms with Crippen LogP contribution >= 0.6 is 0 Å². The van der Waals surface area contributed by atoms with E-state index in [0.29, 0.717) is 17.7 Å². The van der Waals surface area contributed by atoms with Crippen molar-refractivity contribution < 1.29 is 18.9 Å². The van der Waals surface area contributed by atoms with Gasteiger partial charge in [-0.1, -0.05) is 30.3 Å². The van der Waals surface area contributed by atoms with Gasteiger partial charge in [-0.25, -0.2) is 8.78 Å². The maximum absolute atomic E-state index is 13.8. The van der Waals surface area contributed by atoms with Crippen LogP contribution in [-0.4, -0.2) is 5.91 Å². The molecule has 3 nitrogen and oxygen atoms in total. The quantitative estimate of drug-likeness (QED) is 0.679. The Morgan fingerprint density at radius 2 is 1.70 bits per heavy atom. The number of rotatable bonds is 6. The monoisotopic (exact) mass is 367 g/mol. The third-order valence-corrected chi connectivity index (χ3v) is 4.41. The van der Waals surface area contributed by atoms with Gasteiger partial charge in [-0.05, 0) is 43.3 Å². The molecule has 0 heterocycles. The summed E-state index contributed by atoms with van der Waals surface area (Å²) >= 11 is 0. The predicted octanol–water partition coefficient (Wildman–Crippen LogP) is 4.04. The van der Waals surface area contributed by atoms with Gasteiger partial charge in [0.05, 0.1) is 0 Å². The van der Waals surface area contributed by atoms with E-state index in [4.69, 9.17) is 0 Å². The molecule has 3 rings (SSSR count). The van der Waals surface area contributed by atoms with E-state index in [9.17, 15) is 13.6 Å². The number of carbonyl (C=O) groups is 1. The minimum Gasteiger partial charge on any atom is -0.336 e. The molecule has 1 amide bonds. The van der Waals surface area contributed by atoms with Crippen molar-refractivity contribution in [3.8, 4) is 0 Å². The summed E-state index contributed by atoms with van der Waals surface area (Å²) in [6.07, 6.45) is 0. The van der Waals surface area contributed by atoms with Gasteiger partial charge < -0.3 is 10.6 Å². The number of carbonyl (C=O) groups excluding carboxylic acids is 1. The Morgan fingerprint density at radius 1 is 1.00 bits per heavy atom. The summed E-state index contributed by atoms with van der Waals surface area (Å²) in [7, 11) is 0. The van der Waals surface area contributed by atoms with Crippen molar-refractivity contribution in [1.82, 2.24) is 0 Å². The highest BCUT2D eigenvalue weighted by Gasteiger charge is 2.14. The standard InChI is InChI=1S/C22H20F2N2O/c1-15(20-12-11-18(23)13-21(20)24)25-14-16-7-9-17(10-8-16)22(27)26-19-5-3-2-4-6-19/h2-13,15,25H,14H2,1H3,(H,26,27)/p+1/t15-/m0/s1. The van der Waals surface area contributed by atoms with Gasteiger partial charge in [0.1, 0.15) is 24.2 Å². The van der Waals surface area contributed by atoms with Gasteiger partial charge in [0.2, 0.25) is 0 Å². The van der Waals surface area contributed by atoms with Gasteiger partial charge in [-0.2, -0.15) is 0 Å². The molecule has 0 saturated carbocycles. The molecule has 0 radical (unpaired) electrons. The maximum Gasteiger partial charge on any atom is 0.255 e. The first kappa shape index (κ1) is 18.7. The summed E-state index contributed by atoms with van der Waals surface area (Å²) in [5.74, 6) is -1.28. The van der Waals surface area contributed by atoms with Crippen LogP contribution in [0, 0.1) is 11.6 Å². The summed E-state index contributed by atoms with van der Waals surface area (Å²) in [5, 5.41) is 4.81. The molecule has 1 atom stereocenters. The Hall–Kier alpha value is -3.05. The van der Waals surface area contributed by atoms with Gasteiger partial charge in [0.15, 0.2) is 0 Å². The molecule has 0 saturated heterocycles. The number of nitrogens with one attached hydrogen (secondary N) is 1. The average Bonchev–Trinajstić information content (AvgIpc) is 2.67. The predicted molar refractivity (Wildman–Crippen MR) is 101 cm³/mol. The van der Waals surface area contributed by atoms with Crippen molar-refractivity contribution in [3.05, 3.63) is 101 Å². The largest absolute Gasteiger partial charge is 0.336 e. The summed E-state index contributed by atoms with van der Waals surface area (Å²) in [4.78, 5) is 12.3. The normalized spacial score (nSPS) is 11.8. The lowest BCUT2D eigenvalue weighted by Crippen LogP contribution is -2.83. The lowest BCUT2D eigenvalue weighted by molar-refractivity contribution is -0.708. The minimum atomic E-state index is -0.576. The Morgan fingerprint density at radius 3 is 2.37 bits per heavy atom. The van der Waals surface area contributed by atoms with E-state index < -0.39 is 11.6 Å². The van der Waals surface area contributed by atoms with Crippen molar-refractivity contribution in [1.29, 1.82) is 0 Å². The van der Waals surface area contributed by atoms with Crippen LogP contribution in [0.25, 0.3) is 0 Å². The second-order valence-electron chi connectivity index (χ2n) is 6.41. The lowest BCUT2D eigenvalue weighted by atomic mass is 10.1. The molecule has 0 unspecified atom stereocenters. The number of hydrogen-bond donors (Lipinski definition) is 2. The molecule has 0 aliphatic rings. The summed E-state index contributed by atoms with van der Waals surface area (Å²) in [5.41, 5.74) is 2.80. The minimum absolute atomic E-state index is 0.147. The first-order valence-electron chi connectivity index (χ1n) is 8.76. The van der Waals surface area contributed by atoms with E-state index in [1.807, 2.05) is 54.7 Å². The number of halogens is 2. The fraction of sp³-hybridized carbons (Fsp3) is 0.136. The molecule has 3 aromatic carbocycles. The van der Waals surface area contributed by atoms with Gasteiger partial charge in [0.25, 0.3) is 5.91 Å². The van der Waals surface area contributed by atoms with Crippen LogP contribution in [0.4, 0.5) is 14.5 Å². The molecule has 0 fully saturated rings. The van der Waals surface area contributed by atoms with Crippen molar-refractivity contribution in [2.24, 2.45) is 0 Å². The molecule has 3 aromatic rings. The smallest absolute Gasteiger partial charge is 0.255 e. The van der Waals surface area contributed by atoms with Crippen LogP contribution < -0.4 is 10.6 Å². The summed E-state index contributed by atoms with van der Waals surface area (Å²) in [6.45, 7) is 2.50. The van der Waals surface area contributed by atoms with Crippen LogP contribution in [0.15, 0.2) is 72.8 Å². The zero-order valence-corrected chi connectivity index (χ0v) is 15.0.